The second-order valence-electron chi connectivity index (χ2n) is 8.26. The van der Waals surface area contributed by atoms with Crippen LogP contribution in [0.2, 0.25) is 0 Å². The van der Waals surface area contributed by atoms with E-state index in [0.717, 1.165) is 48.6 Å². The summed E-state index contributed by atoms with van der Waals surface area (Å²) in [6.07, 6.45) is 1.98. The van der Waals surface area contributed by atoms with Gasteiger partial charge in [-0.25, -0.2) is 4.39 Å². The number of nitrogens with zero attached hydrogens (tertiary/aromatic N) is 2. The number of rotatable bonds is 4. The Morgan fingerprint density at radius 1 is 1.23 bits per heavy atom. The Morgan fingerprint density at radius 2 is 2.07 bits per heavy atom. The second kappa shape index (κ2) is 9.04. The third kappa shape index (κ3) is 4.59. The Hall–Kier alpha value is -2.60. The average molecular weight is 413 g/mol. The van der Waals surface area contributed by atoms with Crippen LogP contribution in [0.3, 0.4) is 0 Å². The Bertz CT molecular complexity index is 904. The summed E-state index contributed by atoms with van der Waals surface area (Å²) < 4.78 is 25.9. The summed E-state index contributed by atoms with van der Waals surface area (Å²) in [5.74, 6) is 1.73. The van der Waals surface area contributed by atoms with Crippen LogP contribution in [0.5, 0.6) is 11.5 Å². The zero-order valence-electron chi connectivity index (χ0n) is 17.6. The molecule has 0 unspecified atom stereocenters. The lowest BCUT2D eigenvalue weighted by Gasteiger charge is -2.37. The Morgan fingerprint density at radius 3 is 2.83 bits per heavy atom. The molecule has 30 heavy (non-hydrogen) atoms. The van der Waals surface area contributed by atoms with E-state index in [1.54, 1.807) is 20.1 Å². The molecule has 1 saturated heterocycles. The molecule has 2 aromatic rings. The van der Waals surface area contributed by atoms with Crippen molar-refractivity contribution in [3.63, 3.8) is 0 Å². The van der Waals surface area contributed by atoms with Crippen molar-refractivity contribution in [2.45, 2.75) is 39.0 Å². The molecule has 2 aliphatic heterocycles. The molecule has 4 rings (SSSR count). The first-order valence-electron chi connectivity index (χ1n) is 10.6. The lowest BCUT2D eigenvalue weighted by molar-refractivity contribution is -0.130. The molecule has 0 bridgehead atoms. The van der Waals surface area contributed by atoms with E-state index in [9.17, 15) is 9.18 Å². The molecule has 5 nitrogen and oxygen atoms in total. The molecule has 2 heterocycles. The van der Waals surface area contributed by atoms with Gasteiger partial charge in [0.25, 0.3) is 0 Å². The van der Waals surface area contributed by atoms with Crippen molar-refractivity contribution in [1.82, 2.24) is 9.80 Å². The van der Waals surface area contributed by atoms with E-state index in [1.165, 1.54) is 6.07 Å². The fraction of sp³-hybridized carbons (Fsp3) is 0.458. The zero-order valence-corrected chi connectivity index (χ0v) is 17.6. The number of ether oxygens (including phenoxy) is 2. The molecule has 1 fully saturated rings. The summed E-state index contributed by atoms with van der Waals surface area (Å²) in [5.41, 5.74) is 1.69. The van der Waals surface area contributed by atoms with Crippen molar-refractivity contribution in [3.05, 3.63) is 59.4 Å². The highest BCUT2D eigenvalue weighted by atomic mass is 19.1. The van der Waals surface area contributed by atoms with E-state index in [0.29, 0.717) is 19.6 Å². The number of methoxy groups -OCH3 is 1. The van der Waals surface area contributed by atoms with Crippen molar-refractivity contribution in [2.75, 3.05) is 26.7 Å². The maximum absolute atomic E-state index is 14.1. The molecule has 0 aliphatic carbocycles. The minimum absolute atomic E-state index is 0.0401. The third-order valence-corrected chi connectivity index (χ3v) is 6.17. The minimum Gasteiger partial charge on any atom is -0.497 e. The number of fused-ring (bicyclic) bond motifs is 1. The number of benzene rings is 2. The van der Waals surface area contributed by atoms with Crippen molar-refractivity contribution in [3.8, 4) is 11.5 Å². The van der Waals surface area contributed by atoms with Gasteiger partial charge in [0.1, 0.15) is 23.4 Å². The van der Waals surface area contributed by atoms with E-state index in [1.807, 2.05) is 35.2 Å². The van der Waals surface area contributed by atoms with Crippen LogP contribution < -0.4 is 9.47 Å². The molecule has 0 spiro atoms. The number of hydrogen-bond acceptors (Lipinski definition) is 4. The van der Waals surface area contributed by atoms with Crippen molar-refractivity contribution in [2.24, 2.45) is 5.92 Å². The first-order chi connectivity index (χ1) is 14.5. The smallest absolute Gasteiger partial charge is 0.219 e. The molecule has 6 heteroatoms. The molecule has 2 aromatic carbocycles. The standard InChI is InChI=1S/C24H29FN2O3/c1-17(28)27-15-20-12-21(29-2)9-10-23(20)30-24(16-27)19-7-5-11-26(14-19)13-18-6-3-4-8-22(18)25/h3-4,6,8-10,12,19,24H,5,7,11,13-16H2,1-2H3/t19-,24+/m1/s1. The van der Waals surface area contributed by atoms with Gasteiger partial charge in [-0.3, -0.25) is 9.69 Å². The zero-order chi connectivity index (χ0) is 21.1. The number of halogens is 1. The van der Waals surface area contributed by atoms with E-state index in [-0.39, 0.29) is 23.7 Å². The fourth-order valence-electron chi connectivity index (χ4n) is 4.50. The van der Waals surface area contributed by atoms with Gasteiger partial charge in [-0.1, -0.05) is 18.2 Å². The van der Waals surface area contributed by atoms with Gasteiger partial charge in [0.2, 0.25) is 5.91 Å². The highest BCUT2D eigenvalue weighted by molar-refractivity contribution is 5.73. The van der Waals surface area contributed by atoms with Gasteiger partial charge in [-0.2, -0.15) is 0 Å². The summed E-state index contributed by atoms with van der Waals surface area (Å²) >= 11 is 0. The molecule has 2 aliphatic rings. The van der Waals surface area contributed by atoms with Crippen LogP contribution in [0, 0.1) is 11.7 Å². The van der Waals surface area contributed by atoms with Crippen LogP contribution in [0.15, 0.2) is 42.5 Å². The summed E-state index contributed by atoms with van der Waals surface area (Å²) in [4.78, 5) is 16.4. The van der Waals surface area contributed by atoms with Crippen LogP contribution in [-0.4, -0.2) is 48.6 Å². The molecule has 0 radical (unpaired) electrons. The highest BCUT2D eigenvalue weighted by Gasteiger charge is 2.33. The number of carbonyl (C=O) groups is 1. The summed E-state index contributed by atoms with van der Waals surface area (Å²) in [6.45, 7) is 5.06. The number of amides is 1. The molecule has 0 aromatic heterocycles. The number of carbonyl (C=O) groups excluding carboxylic acids is 1. The fourth-order valence-corrected chi connectivity index (χ4v) is 4.50. The molecule has 0 saturated carbocycles. The van der Waals surface area contributed by atoms with E-state index in [4.69, 9.17) is 9.47 Å². The predicted molar refractivity (Wildman–Crippen MR) is 113 cm³/mol. The van der Waals surface area contributed by atoms with Gasteiger partial charge >= 0.3 is 0 Å². The second-order valence-corrected chi connectivity index (χ2v) is 8.26. The predicted octanol–water partition coefficient (Wildman–Crippen LogP) is 3.86. The topological polar surface area (TPSA) is 42.0 Å². The highest BCUT2D eigenvalue weighted by Crippen LogP contribution is 2.33. The largest absolute Gasteiger partial charge is 0.497 e. The van der Waals surface area contributed by atoms with Crippen LogP contribution >= 0.6 is 0 Å². The quantitative estimate of drug-likeness (QED) is 0.765. The van der Waals surface area contributed by atoms with Crippen molar-refractivity contribution in [1.29, 1.82) is 0 Å². The van der Waals surface area contributed by atoms with Crippen LogP contribution in [0.1, 0.15) is 30.9 Å². The SMILES string of the molecule is COc1ccc2c(c1)CN(C(C)=O)C[C@@H]([C@@H]1CCCN(Cc3ccccc3F)C1)O2. The van der Waals surface area contributed by atoms with Gasteiger partial charge in [0.15, 0.2) is 0 Å². The molecule has 0 N–H and O–H groups in total. The maximum atomic E-state index is 14.1. The summed E-state index contributed by atoms with van der Waals surface area (Å²) in [6, 6.07) is 12.7. The lowest BCUT2D eigenvalue weighted by atomic mass is 9.91. The molecule has 2 atom stereocenters. The van der Waals surface area contributed by atoms with Crippen molar-refractivity contribution >= 4 is 5.91 Å². The first kappa shape index (κ1) is 20.7. The Kier molecular flexibility index (Phi) is 6.23. The number of hydrogen-bond donors (Lipinski definition) is 0. The first-order valence-corrected chi connectivity index (χ1v) is 10.6. The average Bonchev–Trinajstić information content (AvgIpc) is 2.95. The van der Waals surface area contributed by atoms with Gasteiger partial charge in [0.05, 0.1) is 13.7 Å². The molecule has 1 amide bonds. The van der Waals surface area contributed by atoms with Gasteiger partial charge in [-0.15, -0.1) is 0 Å². The van der Waals surface area contributed by atoms with Crippen molar-refractivity contribution < 1.29 is 18.7 Å². The molecular formula is C24H29FN2O3. The van der Waals surface area contributed by atoms with E-state index < -0.39 is 0 Å². The number of piperidine rings is 1. The summed E-state index contributed by atoms with van der Waals surface area (Å²) in [7, 11) is 1.64. The van der Waals surface area contributed by atoms with E-state index >= 15 is 0 Å². The van der Waals surface area contributed by atoms with Crippen LogP contribution in [-0.2, 0) is 17.9 Å². The van der Waals surface area contributed by atoms with Gasteiger partial charge < -0.3 is 14.4 Å². The van der Waals surface area contributed by atoms with E-state index in [2.05, 4.69) is 4.90 Å². The molecule has 160 valence electrons. The third-order valence-electron chi connectivity index (χ3n) is 6.17. The van der Waals surface area contributed by atoms with Gasteiger partial charge in [-0.05, 0) is 43.7 Å². The Balaban J connectivity index is 1.52. The lowest BCUT2D eigenvalue weighted by Crippen LogP contribution is -2.46. The van der Waals surface area contributed by atoms with Gasteiger partial charge in [0, 0.05) is 43.6 Å². The van der Waals surface area contributed by atoms with Crippen LogP contribution in [0.4, 0.5) is 4.39 Å². The number of likely N-dealkylation sites (tertiary alicyclic amines) is 1. The minimum atomic E-state index is -0.157. The maximum Gasteiger partial charge on any atom is 0.219 e. The van der Waals surface area contributed by atoms with Crippen LogP contribution in [0.25, 0.3) is 0 Å². The summed E-state index contributed by atoms with van der Waals surface area (Å²) in [5, 5.41) is 0. The molecular weight excluding hydrogens is 383 g/mol. The Labute approximate surface area is 177 Å². The normalized spacial score (nSPS) is 22.0. The monoisotopic (exact) mass is 412 g/mol.